The normalized spacial score (nSPS) is 15.9. The maximum absolute atomic E-state index is 12.5. The minimum Gasteiger partial charge on any atom is -0.497 e. The number of H-pyrrole nitrogens is 1. The van der Waals surface area contributed by atoms with Crippen molar-refractivity contribution >= 4 is 17.0 Å². The predicted molar refractivity (Wildman–Crippen MR) is 110 cm³/mol. The summed E-state index contributed by atoms with van der Waals surface area (Å²) >= 11 is 0. The Morgan fingerprint density at radius 3 is 2.64 bits per heavy atom. The molecule has 1 aliphatic rings. The molecule has 0 amide bonds. The van der Waals surface area contributed by atoms with Crippen LogP contribution in [0.2, 0.25) is 0 Å². The maximum atomic E-state index is 12.5. The standard InChI is InChI=1S/C21H27N5O2/c1-21(2,3)26-18-17(13-22-26)19(27)24-20(23-18)25-10-8-14(9-11-25)15-6-5-7-16(12-15)28-4/h5-7,12-14H,8-11H2,1-4H3,(H,23,24,27). The van der Waals surface area contributed by atoms with Gasteiger partial charge in [-0.2, -0.15) is 10.1 Å². The molecule has 1 fully saturated rings. The van der Waals surface area contributed by atoms with E-state index in [9.17, 15) is 4.79 Å². The largest absolute Gasteiger partial charge is 0.497 e. The number of rotatable bonds is 3. The lowest BCUT2D eigenvalue weighted by Crippen LogP contribution is -2.35. The fraction of sp³-hybridized carbons (Fsp3) is 0.476. The van der Waals surface area contributed by atoms with Crippen LogP contribution in [0.25, 0.3) is 11.0 Å². The Balaban J connectivity index is 1.57. The molecule has 7 heteroatoms. The third-order valence-corrected chi connectivity index (χ3v) is 5.42. The molecule has 0 radical (unpaired) electrons. The van der Waals surface area contributed by atoms with Gasteiger partial charge in [0.1, 0.15) is 11.1 Å². The van der Waals surface area contributed by atoms with Crippen LogP contribution in [0.5, 0.6) is 5.75 Å². The predicted octanol–water partition coefficient (Wildman–Crippen LogP) is 3.27. The van der Waals surface area contributed by atoms with E-state index in [4.69, 9.17) is 9.72 Å². The topological polar surface area (TPSA) is 76.0 Å². The molecule has 0 spiro atoms. The van der Waals surface area contributed by atoms with E-state index in [0.29, 0.717) is 22.9 Å². The zero-order valence-electron chi connectivity index (χ0n) is 16.9. The van der Waals surface area contributed by atoms with Crippen molar-refractivity contribution in [3.63, 3.8) is 0 Å². The molecule has 0 bridgehead atoms. The average Bonchev–Trinajstić information content (AvgIpc) is 3.13. The van der Waals surface area contributed by atoms with Gasteiger partial charge in [0.2, 0.25) is 5.95 Å². The monoisotopic (exact) mass is 381 g/mol. The second-order valence-electron chi connectivity index (χ2n) is 8.39. The van der Waals surface area contributed by atoms with Gasteiger partial charge in [0.25, 0.3) is 5.56 Å². The van der Waals surface area contributed by atoms with Crippen molar-refractivity contribution in [3.8, 4) is 5.75 Å². The van der Waals surface area contributed by atoms with Gasteiger partial charge in [0.15, 0.2) is 5.65 Å². The molecule has 1 aliphatic heterocycles. The number of nitrogens with zero attached hydrogens (tertiary/aromatic N) is 4. The first-order valence-electron chi connectivity index (χ1n) is 9.74. The number of hydrogen-bond acceptors (Lipinski definition) is 5. The number of fused-ring (bicyclic) bond motifs is 1. The second kappa shape index (κ2) is 6.96. The van der Waals surface area contributed by atoms with Gasteiger partial charge >= 0.3 is 0 Å². The highest BCUT2D eigenvalue weighted by Gasteiger charge is 2.25. The molecule has 0 aliphatic carbocycles. The van der Waals surface area contributed by atoms with Gasteiger partial charge < -0.3 is 9.64 Å². The Bertz CT molecular complexity index is 1040. The molecule has 7 nitrogen and oxygen atoms in total. The number of piperidine rings is 1. The number of ether oxygens (including phenoxy) is 1. The molecule has 3 heterocycles. The highest BCUT2D eigenvalue weighted by Crippen LogP contribution is 2.31. The number of aromatic nitrogens is 4. The quantitative estimate of drug-likeness (QED) is 0.754. The summed E-state index contributed by atoms with van der Waals surface area (Å²) in [7, 11) is 1.70. The van der Waals surface area contributed by atoms with E-state index in [1.165, 1.54) is 5.56 Å². The Labute approximate surface area is 164 Å². The van der Waals surface area contributed by atoms with E-state index in [0.717, 1.165) is 31.7 Å². The highest BCUT2D eigenvalue weighted by atomic mass is 16.5. The summed E-state index contributed by atoms with van der Waals surface area (Å²) < 4.78 is 7.18. The fourth-order valence-electron chi connectivity index (χ4n) is 3.87. The van der Waals surface area contributed by atoms with Gasteiger partial charge in [-0.3, -0.25) is 9.78 Å². The van der Waals surface area contributed by atoms with Gasteiger partial charge in [-0.05, 0) is 57.2 Å². The average molecular weight is 381 g/mol. The molecular weight excluding hydrogens is 354 g/mol. The summed E-state index contributed by atoms with van der Waals surface area (Å²) in [6.07, 6.45) is 3.62. The zero-order chi connectivity index (χ0) is 19.9. The molecular formula is C21H27N5O2. The van der Waals surface area contributed by atoms with E-state index in [-0.39, 0.29) is 11.1 Å². The van der Waals surface area contributed by atoms with Crippen molar-refractivity contribution in [2.24, 2.45) is 0 Å². The summed E-state index contributed by atoms with van der Waals surface area (Å²) in [4.78, 5) is 22.4. The molecule has 1 saturated heterocycles. The van der Waals surface area contributed by atoms with Crippen molar-refractivity contribution in [2.75, 3.05) is 25.1 Å². The van der Waals surface area contributed by atoms with Gasteiger partial charge in [-0.15, -0.1) is 0 Å². The van der Waals surface area contributed by atoms with Crippen LogP contribution >= 0.6 is 0 Å². The van der Waals surface area contributed by atoms with E-state index < -0.39 is 0 Å². The summed E-state index contributed by atoms with van der Waals surface area (Å²) in [5.74, 6) is 2.02. The molecule has 1 N–H and O–H groups in total. The van der Waals surface area contributed by atoms with Crippen molar-refractivity contribution < 1.29 is 4.74 Å². The molecule has 3 aromatic rings. The Hall–Kier alpha value is -2.83. The Morgan fingerprint density at radius 2 is 1.96 bits per heavy atom. The molecule has 28 heavy (non-hydrogen) atoms. The van der Waals surface area contributed by atoms with E-state index >= 15 is 0 Å². The highest BCUT2D eigenvalue weighted by molar-refractivity contribution is 5.74. The lowest BCUT2D eigenvalue weighted by Gasteiger charge is -2.32. The zero-order valence-corrected chi connectivity index (χ0v) is 16.9. The third kappa shape index (κ3) is 3.37. The lowest BCUT2D eigenvalue weighted by molar-refractivity contribution is 0.365. The summed E-state index contributed by atoms with van der Waals surface area (Å²) in [6, 6.07) is 8.30. The molecule has 148 valence electrons. The van der Waals surface area contributed by atoms with Crippen molar-refractivity contribution in [1.29, 1.82) is 0 Å². The van der Waals surface area contributed by atoms with Crippen LogP contribution in [0.1, 0.15) is 45.1 Å². The minimum atomic E-state index is -0.237. The molecule has 1 aromatic carbocycles. The molecule has 2 aromatic heterocycles. The molecule has 4 rings (SSSR count). The SMILES string of the molecule is COc1cccc(C2CCN(c3nc4c(cnn4C(C)(C)C)c(=O)[nH]3)CC2)c1. The van der Waals surface area contributed by atoms with Crippen LogP contribution in [0, 0.1) is 0 Å². The van der Waals surface area contributed by atoms with Crippen LogP contribution < -0.4 is 15.2 Å². The first-order chi connectivity index (χ1) is 13.4. The van der Waals surface area contributed by atoms with Crippen LogP contribution in [-0.2, 0) is 5.54 Å². The Kier molecular flexibility index (Phi) is 4.61. The fourth-order valence-corrected chi connectivity index (χ4v) is 3.87. The number of nitrogens with one attached hydrogen (secondary N) is 1. The van der Waals surface area contributed by atoms with E-state index in [2.05, 4.69) is 47.9 Å². The third-order valence-electron chi connectivity index (χ3n) is 5.42. The number of aromatic amines is 1. The molecule has 0 unspecified atom stereocenters. The summed E-state index contributed by atoms with van der Waals surface area (Å²) in [6.45, 7) is 7.87. The van der Waals surface area contributed by atoms with Crippen LogP contribution in [-0.4, -0.2) is 39.9 Å². The summed E-state index contributed by atoms with van der Waals surface area (Å²) in [5, 5.41) is 4.92. The number of methoxy groups -OCH3 is 1. The van der Waals surface area contributed by atoms with Crippen LogP contribution in [0.15, 0.2) is 35.3 Å². The van der Waals surface area contributed by atoms with E-state index in [1.54, 1.807) is 13.3 Å². The second-order valence-corrected chi connectivity index (χ2v) is 8.39. The minimum absolute atomic E-state index is 0.134. The Morgan fingerprint density at radius 1 is 1.21 bits per heavy atom. The smallest absolute Gasteiger partial charge is 0.263 e. The molecule has 0 atom stereocenters. The first kappa shape index (κ1) is 18.5. The van der Waals surface area contributed by atoms with Crippen molar-refractivity contribution in [2.45, 2.75) is 45.1 Å². The number of anilines is 1. The van der Waals surface area contributed by atoms with Crippen LogP contribution in [0.3, 0.4) is 0 Å². The lowest BCUT2D eigenvalue weighted by atomic mass is 9.89. The van der Waals surface area contributed by atoms with Crippen molar-refractivity contribution in [3.05, 3.63) is 46.4 Å². The van der Waals surface area contributed by atoms with Gasteiger partial charge in [-0.1, -0.05) is 12.1 Å². The van der Waals surface area contributed by atoms with Crippen molar-refractivity contribution in [1.82, 2.24) is 19.7 Å². The first-order valence-corrected chi connectivity index (χ1v) is 9.74. The van der Waals surface area contributed by atoms with Gasteiger partial charge in [0.05, 0.1) is 18.8 Å². The maximum Gasteiger partial charge on any atom is 0.263 e. The number of benzene rings is 1. The van der Waals surface area contributed by atoms with Gasteiger partial charge in [-0.25, -0.2) is 4.68 Å². The summed E-state index contributed by atoms with van der Waals surface area (Å²) in [5.41, 5.74) is 1.58. The van der Waals surface area contributed by atoms with Crippen LogP contribution in [0.4, 0.5) is 5.95 Å². The van der Waals surface area contributed by atoms with E-state index in [1.807, 2.05) is 16.8 Å². The molecule has 0 saturated carbocycles. The van der Waals surface area contributed by atoms with Gasteiger partial charge in [0, 0.05) is 13.1 Å². The number of hydrogen-bond donors (Lipinski definition) is 1.